The van der Waals surface area contributed by atoms with Gasteiger partial charge in [-0.3, -0.25) is 14.4 Å². The van der Waals surface area contributed by atoms with Crippen LogP contribution in [0.1, 0.15) is 6.92 Å². The molecule has 0 aliphatic carbocycles. The molecule has 0 bridgehead atoms. The molecule has 8 heteroatoms. The molecule has 1 saturated heterocycles. The Morgan fingerprint density at radius 2 is 1.67 bits per heavy atom. The summed E-state index contributed by atoms with van der Waals surface area (Å²) in [5, 5.41) is 5.00. The van der Waals surface area contributed by atoms with Crippen molar-refractivity contribution >= 4 is 23.4 Å². The van der Waals surface area contributed by atoms with Gasteiger partial charge in [-0.15, -0.1) is 0 Å². The largest absolute Gasteiger partial charge is 0.366 e. The molecule has 1 aromatic rings. The van der Waals surface area contributed by atoms with E-state index in [1.54, 1.807) is 18.2 Å². The first-order valence-corrected chi connectivity index (χ1v) is 7.80. The number of piperazine rings is 1. The maximum Gasteiger partial charge on any atom is 0.312 e. The van der Waals surface area contributed by atoms with E-state index in [0.29, 0.717) is 31.9 Å². The van der Waals surface area contributed by atoms with E-state index < -0.39 is 11.8 Å². The van der Waals surface area contributed by atoms with E-state index in [4.69, 9.17) is 0 Å². The Morgan fingerprint density at radius 3 is 2.29 bits per heavy atom. The minimum absolute atomic E-state index is 0.194. The van der Waals surface area contributed by atoms with E-state index >= 15 is 0 Å². The second-order valence-electron chi connectivity index (χ2n) is 5.47. The third-order valence-electron chi connectivity index (χ3n) is 3.74. The number of para-hydroxylation sites is 1. The monoisotopic (exact) mass is 336 g/mol. The average Bonchev–Trinajstić information content (AvgIpc) is 2.58. The van der Waals surface area contributed by atoms with Crippen molar-refractivity contribution in [2.45, 2.75) is 6.92 Å². The molecule has 0 spiro atoms. The summed E-state index contributed by atoms with van der Waals surface area (Å²) in [7, 11) is 0. The highest BCUT2D eigenvalue weighted by atomic mass is 19.1. The van der Waals surface area contributed by atoms with E-state index in [1.807, 2.05) is 4.90 Å². The van der Waals surface area contributed by atoms with Gasteiger partial charge in [0.15, 0.2) is 0 Å². The molecule has 0 radical (unpaired) electrons. The number of amides is 3. The zero-order valence-corrected chi connectivity index (χ0v) is 13.5. The molecule has 1 fully saturated rings. The molecule has 1 aliphatic rings. The number of hydrogen-bond acceptors (Lipinski definition) is 4. The number of carbonyl (C=O) groups excluding carboxylic acids is 3. The van der Waals surface area contributed by atoms with Gasteiger partial charge in [-0.2, -0.15) is 0 Å². The Balaban J connectivity index is 1.79. The van der Waals surface area contributed by atoms with Crippen LogP contribution in [-0.2, 0) is 14.4 Å². The van der Waals surface area contributed by atoms with E-state index in [0.717, 1.165) is 0 Å². The van der Waals surface area contributed by atoms with Crippen LogP contribution in [0.25, 0.3) is 0 Å². The van der Waals surface area contributed by atoms with Crippen molar-refractivity contribution in [3.8, 4) is 0 Å². The molecular weight excluding hydrogens is 315 g/mol. The van der Waals surface area contributed by atoms with Crippen molar-refractivity contribution in [2.24, 2.45) is 0 Å². The molecule has 0 unspecified atom stereocenters. The van der Waals surface area contributed by atoms with Crippen molar-refractivity contribution in [3.05, 3.63) is 30.1 Å². The number of nitrogens with zero attached hydrogens (tertiary/aromatic N) is 2. The Hall–Kier alpha value is -2.64. The summed E-state index contributed by atoms with van der Waals surface area (Å²) < 4.78 is 13.8. The molecule has 0 atom stereocenters. The maximum atomic E-state index is 13.8. The van der Waals surface area contributed by atoms with Crippen LogP contribution in [-0.4, -0.2) is 61.9 Å². The molecule has 1 heterocycles. The molecule has 1 aliphatic heterocycles. The van der Waals surface area contributed by atoms with Gasteiger partial charge in [0.25, 0.3) is 0 Å². The number of anilines is 1. The van der Waals surface area contributed by atoms with Gasteiger partial charge in [0.2, 0.25) is 5.91 Å². The molecule has 2 N–H and O–H groups in total. The van der Waals surface area contributed by atoms with Crippen molar-refractivity contribution in [1.82, 2.24) is 15.5 Å². The fourth-order valence-corrected chi connectivity index (χ4v) is 2.49. The van der Waals surface area contributed by atoms with Crippen LogP contribution in [0.2, 0.25) is 0 Å². The lowest BCUT2D eigenvalue weighted by atomic mass is 10.2. The van der Waals surface area contributed by atoms with Crippen LogP contribution in [0.5, 0.6) is 0 Å². The summed E-state index contributed by atoms with van der Waals surface area (Å²) in [6.45, 7) is 3.48. The van der Waals surface area contributed by atoms with Crippen LogP contribution in [0.15, 0.2) is 24.3 Å². The van der Waals surface area contributed by atoms with Gasteiger partial charge in [-0.05, 0) is 12.1 Å². The Morgan fingerprint density at radius 1 is 1.04 bits per heavy atom. The number of carbonyl (C=O) groups is 3. The third kappa shape index (κ3) is 4.68. The van der Waals surface area contributed by atoms with Crippen molar-refractivity contribution in [3.63, 3.8) is 0 Å². The molecule has 24 heavy (non-hydrogen) atoms. The molecule has 3 amide bonds. The van der Waals surface area contributed by atoms with E-state index in [2.05, 4.69) is 10.6 Å². The van der Waals surface area contributed by atoms with Crippen LogP contribution in [0.3, 0.4) is 0 Å². The Kier molecular flexibility index (Phi) is 6.11. The topological polar surface area (TPSA) is 81.8 Å². The summed E-state index contributed by atoms with van der Waals surface area (Å²) in [6, 6.07) is 6.49. The summed E-state index contributed by atoms with van der Waals surface area (Å²) in [6.07, 6.45) is 0. The minimum atomic E-state index is -0.695. The molecule has 130 valence electrons. The number of hydrogen-bond donors (Lipinski definition) is 2. The lowest BCUT2D eigenvalue weighted by Crippen LogP contribution is -2.53. The van der Waals surface area contributed by atoms with Crippen LogP contribution < -0.4 is 15.5 Å². The van der Waals surface area contributed by atoms with E-state index in [1.165, 1.54) is 17.9 Å². The predicted molar refractivity (Wildman–Crippen MR) is 86.9 cm³/mol. The highest BCUT2D eigenvalue weighted by Gasteiger charge is 2.26. The number of benzene rings is 1. The highest BCUT2D eigenvalue weighted by molar-refractivity contribution is 6.35. The lowest BCUT2D eigenvalue weighted by molar-refractivity contribution is -0.146. The molecule has 0 saturated carbocycles. The maximum absolute atomic E-state index is 13.8. The van der Waals surface area contributed by atoms with E-state index in [9.17, 15) is 18.8 Å². The summed E-state index contributed by atoms with van der Waals surface area (Å²) in [4.78, 5) is 37.9. The predicted octanol–water partition coefficient (Wildman–Crippen LogP) is -0.273. The normalized spacial score (nSPS) is 14.2. The van der Waals surface area contributed by atoms with E-state index in [-0.39, 0.29) is 24.8 Å². The first-order chi connectivity index (χ1) is 11.5. The van der Waals surface area contributed by atoms with Gasteiger partial charge >= 0.3 is 11.8 Å². The molecule has 7 nitrogen and oxygen atoms in total. The van der Waals surface area contributed by atoms with Crippen molar-refractivity contribution < 1.29 is 18.8 Å². The zero-order valence-electron chi connectivity index (χ0n) is 13.5. The first kappa shape index (κ1) is 17.7. The summed E-state index contributed by atoms with van der Waals surface area (Å²) in [5.41, 5.74) is 0.504. The zero-order chi connectivity index (χ0) is 17.5. The van der Waals surface area contributed by atoms with Crippen molar-refractivity contribution in [2.75, 3.05) is 44.2 Å². The second-order valence-corrected chi connectivity index (χ2v) is 5.47. The summed E-state index contributed by atoms with van der Waals surface area (Å²) >= 11 is 0. The molecular formula is C16H21FN4O3. The quantitative estimate of drug-likeness (QED) is 0.586. The third-order valence-corrected chi connectivity index (χ3v) is 3.74. The van der Waals surface area contributed by atoms with Crippen LogP contribution >= 0.6 is 0 Å². The standard InChI is InChI=1S/C16H21FN4O3/c1-12(22)18-6-7-19-15(23)16(24)21-10-8-20(9-11-21)14-5-3-2-4-13(14)17/h2-5H,6-11H2,1H3,(H,18,22)(H,19,23). The Labute approximate surface area is 139 Å². The van der Waals surface area contributed by atoms with Crippen LogP contribution in [0.4, 0.5) is 10.1 Å². The SMILES string of the molecule is CC(=O)NCCNC(=O)C(=O)N1CCN(c2ccccc2F)CC1. The van der Waals surface area contributed by atoms with Gasteiger partial charge in [0, 0.05) is 46.2 Å². The smallest absolute Gasteiger partial charge is 0.312 e. The second kappa shape index (κ2) is 8.28. The van der Waals surface area contributed by atoms with Gasteiger partial charge in [0.1, 0.15) is 5.82 Å². The van der Waals surface area contributed by atoms with Crippen LogP contribution in [0, 0.1) is 5.82 Å². The fraction of sp³-hybridized carbons (Fsp3) is 0.438. The van der Waals surface area contributed by atoms with Gasteiger partial charge in [-0.25, -0.2) is 4.39 Å². The fourth-order valence-electron chi connectivity index (χ4n) is 2.49. The minimum Gasteiger partial charge on any atom is -0.366 e. The number of halogens is 1. The molecule has 1 aromatic carbocycles. The van der Waals surface area contributed by atoms with Gasteiger partial charge in [0.05, 0.1) is 5.69 Å². The highest BCUT2D eigenvalue weighted by Crippen LogP contribution is 2.20. The summed E-state index contributed by atoms with van der Waals surface area (Å²) in [5.74, 6) is -1.79. The number of rotatable bonds is 4. The van der Waals surface area contributed by atoms with Gasteiger partial charge in [-0.1, -0.05) is 12.1 Å². The molecule has 2 rings (SSSR count). The lowest BCUT2D eigenvalue weighted by Gasteiger charge is -2.35. The van der Waals surface area contributed by atoms with Gasteiger partial charge < -0.3 is 20.4 Å². The first-order valence-electron chi connectivity index (χ1n) is 7.80. The Bertz CT molecular complexity index is 615. The molecule has 0 aromatic heterocycles. The number of nitrogens with one attached hydrogen (secondary N) is 2. The van der Waals surface area contributed by atoms with Crippen molar-refractivity contribution in [1.29, 1.82) is 0 Å². The average molecular weight is 336 g/mol.